The molecular formula is C75H141NO5. The molecule has 2 atom stereocenters. The molecule has 0 saturated heterocycles. The van der Waals surface area contributed by atoms with Crippen LogP contribution in [0.25, 0.3) is 0 Å². The maximum atomic E-state index is 12.5. The van der Waals surface area contributed by atoms with E-state index in [0.29, 0.717) is 25.9 Å². The average Bonchev–Trinajstić information content (AvgIpc) is 3.47. The van der Waals surface area contributed by atoms with Gasteiger partial charge in [-0.1, -0.05) is 345 Å². The van der Waals surface area contributed by atoms with Gasteiger partial charge in [0, 0.05) is 12.8 Å². The predicted molar refractivity (Wildman–Crippen MR) is 356 cm³/mol. The van der Waals surface area contributed by atoms with Crippen molar-refractivity contribution in [3.05, 3.63) is 48.6 Å². The predicted octanol–water partition coefficient (Wildman–Crippen LogP) is 23.6. The number of esters is 1. The summed E-state index contributed by atoms with van der Waals surface area (Å²) < 4.78 is 5.48. The molecule has 0 bridgehead atoms. The van der Waals surface area contributed by atoms with Crippen LogP contribution in [-0.2, 0) is 14.3 Å². The third-order valence-corrected chi connectivity index (χ3v) is 16.9. The Labute approximate surface area is 506 Å². The summed E-state index contributed by atoms with van der Waals surface area (Å²) in [4.78, 5) is 24.5. The first-order chi connectivity index (χ1) is 40.0. The Bertz CT molecular complexity index is 1360. The van der Waals surface area contributed by atoms with E-state index in [1.807, 2.05) is 0 Å². The maximum Gasteiger partial charge on any atom is 0.305 e. The standard InChI is InChI=1S/C75H141NO5/c1-3-5-7-9-11-13-15-16-45-49-53-57-61-65-69-75(80)81-70-66-62-58-54-50-46-43-41-39-37-35-33-31-29-27-25-23-21-19-17-18-20-22-24-26-28-30-32-34-36-38-40-42-44-48-52-56-60-64-68-74(79)76-72(71-77)73(78)67-63-59-55-51-47-14-12-10-8-6-4-2/h9,11,15-18,21,23,72-73,77-78H,3-8,10,12-14,19-20,22,24-71H2,1-2H3,(H,76,79)/b11-9-,16-15-,18-17-,23-21-. The van der Waals surface area contributed by atoms with Gasteiger partial charge < -0.3 is 20.3 Å². The van der Waals surface area contributed by atoms with Crippen LogP contribution in [0.2, 0.25) is 0 Å². The number of amides is 1. The second-order valence-corrected chi connectivity index (χ2v) is 24.9. The fourth-order valence-electron chi connectivity index (χ4n) is 11.3. The number of hydrogen-bond acceptors (Lipinski definition) is 5. The second kappa shape index (κ2) is 70.3. The smallest absolute Gasteiger partial charge is 0.305 e. The van der Waals surface area contributed by atoms with Gasteiger partial charge in [-0.15, -0.1) is 0 Å². The summed E-state index contributed by atoms with van der Waals surface area (Å²) >= 11 is 0. The van der Waals surface area contributed by atoms with Crippen LogP contribution in [-0.4, -0.2) is 47.4 Å². The molecule has 476 valence electrons. The highest BCUT2D eigenvalue weighted by Gasteiger charge is 2.20. The zero-order chi connectivity index (χ0) is 58.5. The van der Waals surface area contributed by atoms with E-state index in [-0.39, 0.29) is 18.5 Å². The van der Waals surface area contributed by atoms with Crippen LogP contribution < -0.4 is 5.32 Å². The Morgan fingerprint density at radius 2 is 0.630 bits per heavy atom. The van der Waals surface area contributed by atoms with Crippen molar-refractivity contribution in [2.75, 3.05) is 13.2 Å². The van der Waals surface area contributed by atoms with E-state index in [4.69, 9.17) is 4.74 Å². The van der Waals surface area contributed by atoms with Gasteiger partial charge in [-0.3, -0.25) is 9.59 Å². The third-order valence-electron chi connectivity index (χ3n) is 16.9. The van der Waals surface area contributed by atoms with Crippen molar-refractivity contribution in [1.29, 1.82) is 0 Å². The molecule has 0 fully saturated rings. The van der Waals surface area contributed by atoms with E-state index in [9.17, 15) is 19.8 Å². The monoisotopic (exact) mass is 1140 g/mol. The number of aliphatic hydroxyl groups excluding tert-OH is 2. The average molecular weight is 1140 g/mol. The van der Waals surface area contributed by atoms with Crippen molar-refractivity contribution in [2.24, 2.45) is 0 Å². The van der Waals surface area contributed by atoms with Gasteiger partial charge in [0.25, 0.3) is 0 Å². The van der Waals surface area contributed by atoms with Gasteiger partial charge in [0.1, 0.15) is 0 Å². The van der Waals surface area contributed by atoms with Gasteiger partial charge in [-0.05, 0) is 83.5 Å². The van der Waals surface area contributed by atoms with Crippen LogP contribution in [0.15, 0.2) is 48.6 Å². The molecule has 3 N–H and O–H groups in total. The van der Waals surface area contributed by atoms with Gasteiger partial charge in [0.2, 0.25) is 5.91 Å². The molecule has 0 rings (SSSR count). The number of rotatable bonds is 68. The van der Waals surface area contributed by atoms with Crippen molar-refractivity contribution in [3.63, 3.8) is 0 Å². The molecular weight excluding hydrogens is 995 g/mol. The lowest BCUT2D eigenvalue weighted by Crippen LogP contribution is -2.45. The number of nitrogens with one attached hydrogen (secondary N) is 1. The van der Waals surface area contributed by atoms with Crippen LogP contribution >= 0.6 is 0 Å². The normalized spacial score (nSPS) is 12.8. The highest BCUT2D eigenvalue weighted by atomic mass is 16.5. The van der Waals surface area contributed by atoms with E-state index < -0.39 is 12.1 Å². The van der Waals surface area contributed by atoms with E-state index >= 15 is 0 Å². The summed E-state index contributed by atoms with van der Waals surface area (Å²) in [5, 5.41) is 23.2. The van der Waals surface area contributed by atoms with Crippen LogP contribution in [0.4, 0.5) is 0 Å². The molecule has 0 heterocycles. The van der Waals surface area contributed by atoms with Crippen molar-refractivity contribution in [1.82, 2.24) is 5.32 Å². The minimum atomic E-state index is -0.661. The summed E-state index contributed by atoms with van der Waals surface area (Å²) in [7, 11) is 0. The lowest BCUT2D eigenvalue weighted by atomic mass is 10.0. The van der Waals surface area contributed by atoms with Crippen molar-refractivity contribution < 1.29 is 24.5 Å². The number of carbonyl (C=O) groups is 2. The minimum absolute atomic E-state index is 0.00562. The van der Waals surface area contributed by atoms with Gasteiger partial charge in [0.05, 0.1) is 25.4 Å². The SMILES string of the molecule is CCCC/C=C\C/C=C\CCCCCCCC(=O)OCCCCCCCCCCCCCCCCC/C=C\C/C=C\CCCCCCCCCCCCCCCCCCCC(=O)NC(CO)C(O)CCCCCCCCCCCCC. The fraction of sp³-hybridized carbons (Fsp3) is 0.867. The van der Waals surface area contributed by atoms with Gasteiger partial charge in [0.15, 0.2) is 0 Å². The molecule has 0 aliphatic rings. The number of ether oxygens (including phenoxy) is 1. The van der Waals surface area contributed by atoms with Gasteiger partial charge >= 0.3 is 5.97 Å². The highest BCUT2D eigenvalue weighted by Crippen LogP contribution is 2.19. The minimum Gasteiger partial charge on any atom is -0.466 e. The van der Waals surface area contributed by atoms with E-state index in [2.05, 4.69) is 67.8 Å². The lowest BCUT2D eigenvalue weighted by Gasteiger charge is -2.22. The zero-order valence-corrected chi connectivity index (χ0v) is 54.5. The molecule has 81 heavy (non-hydrogen) atoms. The molecule has 0 aliphatic carbocycles. The van der Waals surface area contributed by atoms with Crippen molar-refractivity contribution in [2.45, 2.75) is 405 Å². The molecule has 0 aromatic heterocycles. The third kappa shape index (κ3) is 66.8. The van der Waals surface area contributed by atoms with E-state index in [1.54, 1.807) is 0 Å². The Hall–Kier alpha value is -2.18. The highest BCUT2D eigenvalue weighted by molar-refractivity contribution is 5.76. The Morgan fingerprint density at radius 3 is 0.975 bits per heavy atom. The Morgan fingerprint density at radius 1 is 0.346 bits per heavy atom. The van der Waals surface area contributed by atoms with E-state index in [1.165, 1.54) is 302 Å². The number of allylic oxidation sites excluding steroid dienone is 8. The fourth-order valence-corrected chi connectivity index (χ4v) is 11.3. The van der Waals surface area contributed by atoms with Crippen molar-refractivity contribution in [3.8, 4) is 0 Å². The molecule has 0 saturated carbocycles. The summed E-state index contributed by atoms with van der Waals surface area (Å²) in [6.45, 7) is 4.92. The summed E-state index contributed by atoms with van der Waals surface area (Å²) in [6.07, 6.45) is 91.9. The lowest BCUT2D eigenvalue weighted by molar-refractivity contribution is -0.143. The first-order valence-electron chi connectivity index (χ1n) is 36.4. The quantitative estimate of drug-likeness (QED) is 0.0320. The molecule has 6 heteroatoms. The van der Waals surface area contributed by atoms with Crippen LogP contribution in [0.5, 0.6) is 0 Å². The topological polar surface area (TPSA) is 95.9 Å². The Balaban J connectivity index is 3.34. The maximum absolute atomic E-state index is 12.5. The number of carbonyl (C=O) groups excluding carboxylic acids is 2. The Kier molecular flexibility index (Phi) is 68.4. The molecule has 1 amide bonds. The first-order valence-corrected chi connectivity index (χ1v) is 36.4. The molecule has 2 unspecified atom stereocenters. The van der Waals surface area contributed by atoms with E-state index in [0.717, 1.165) is 57.8 Å². The first kappa shape index (κ1) is 78.8. The number of unbranched alkanes of at least 4 members (excludes halogenated alkanes) is 49. The zero-order valence-electron chi connectivity index (χ0n) is 54.5. The number of hydrogen-bond donors (Lipinski definition) is 3. The molecule has 0 aliphatic heterocycles. The van der Waals surface area contributed by atoms with Crippen LogP contribution in [0.1, 0.15) is 393 Å². The summed E-state index contributed by atoms with van der Waals surface area (Å²) in [5.41, 5.74) is 0. The molecule has 0 radical (unpaired) electrons. The van der Waals surface area contributed by atoms with Gasteiger partial charge in [-0.2, -0.15) is 0 Å². The molecule has 0 spiro atoms. The van der Waals surface area contributed by atoms with Crippen LogP contribution in [0, 0.1) is 0 Å². The molecule has 6 nitrogen and oxygen atoms in total. The molecule has 0 aromatic carbocycles. The second-order valence-electron chi connectivity index (χ2n) is 24.9. The molecule has 0 aromatic rings. The summed E-state index contributed by atoms with van der Waals surface area (Å²) in [6, 6.07) is -0.538. The largest absolute Gasteiger partial charge is 0.466 e. The van der Waals surface area contributed by atoms with Gasteiger partial charge in [-0.25, -0.2) is 0 Å². The van der Waals surface area contributed by atoms with Crippen molar-refractivity contribution >= 4 is 11.9 Å². The summed E-state index contributed by atoms with van der Waals surface area (Å²) in [5.74, 6) is -0.0259. The van der Waals surface area contributed by atoms with Crippen LogP contribution in [0.3, 0.4) is 0 Å². The number of aliphatic hydroxyl groups is 2.